The van der Waals surface area contributed by atoms with Crippen molar-refractivity contribution in [1.82, 2.24) is 20.2 Å². The highest BCUT2D eigenvalue weighted by Gasteiger charge is 2.07. The zero-order chi connectivity index (χ0) is 14.5. The maximum Gasteiger partial charge on any atom is 0.303 e. The van der Waals surface area contributed by atoms with Gasteiger partial charge in [0.05, 0.1) is 5.69 Å². The second-order valence-corrected chi connectivity index (χ2v) is 4.73. The van der Waals surface area contributed by atoms with Crippen LogP contribution in [0.5, 0.6) is 0 Å². The van der Waals surface area contributed by atoms with E-state index in [0.29, 0.717) is 6.42 Å². The Balaban J connectivity index is 2.04. The Morgan fingerprint density at radius 2 is 2.30 bits per heavy atom. The Hall–Kier alpha value is -2.44. The van der Waals surface area contributed by atoms with E-state index in [1.54, 1.807) is 11.0 Å². The van der Waals surface area contributed by atoms with Crippen molar-refractivity contribution in [2.75, 3.05) is 5.32 Å². The second kappa shape index (κ2) is 6.14. The van der Waals surface area contributed by atoms with Crippen LogP contribution in [0.4, 0.5) is 5.69 Å². The molecule has 1 unspecified atom stereocenters. The van der Waals surface area contributed by atoms with E-state index in [-0.39, 0.29) is 12.5 Å². The summed E-state index contributed by atoms with van der Waals surface area (Å²) in [6.07, 6.45) is 2.30. The van der Waals surface area contributed by atoms with Gasteiger partial charge in [-0.15, -0.1) is 5.10 Å². The molecule has 0 fully saturated rings. The number of anilines is 1. The molecule has 0 spiro atoms. The minimum atomic E-state index is -0.774. The van der Waals surface area contributed by atoms with Crippen molar-refractivity contribution < 1.29 is 9.90 Å². The van der Waals surface area contributed by atoms with Crippen molar-refractivity contribution >= 4 is 11.7 Å². The molecule has 106 valence electrons. The fourth-order valence-corrected chi connectivity index (χ4v) is 1.97. The molecule has 0 aliphatic rings. The summed E-state index contributed by atoms with van der Waals surface area (Å²) in [4.78, 5) is 10.5. The molecule has 0 saturated heterocycles. The number of aliphatic carboxylic acids is 1. The standard InChI is InChI=1S/C13H17N5O2/c1-9-7-11(15-10(2)3-6-13(19)20)4-5-12(9)18-8-14-16-17-18/h4-5,7-8,10,15H,3,6H2,1-2H3,(H,19,20). The molecule has 0 bridgehead atoms. The molecule has 20 heavy (non-hydrogen) atoms. The number of aryl methyl sites for hydroxylation is 1. The van der Waals surface area contributed by atoms with Crippen LogP contribution in [0.3, 0.4) is 0 Å². The highest BCUT2D eigenvalue weighted by atomic mass is 16.4. The second-order valence-electron chi connectivity index (χ2n) is 4.73. The molecule has 0 amide bonds. The number of carbonyl (C=O) groups is 1. The predicted octanol–water partition coefficient (Wildman–Crippen LogP) is 1.64. The van der Waals surface area contributed by atoms with Gasteiger partial charge < -0.3 is 10.4 Å². The zero-order valence-corrected chi connectivity index (χ0v) is 11.4. The van der Waals surface area contributed by atoms with Crippen LogP contribution in [0.1, 0.15) is 25.3 Å². The fraction of sp³-hybridized carbons (Fsp3) is 0.385. The summed E-state index contributed by atoms with van der Waals surface area (Å²) in [5.74, 6) is -0.774. The van der Waals surface area contributed by atoms with E-state index in [1.165, 1.54) is 0 Å². The van der Waals surface area contributed by atoms with E-state index in [9.17, 15) is 4.79 Å². The fourth-order valence-electron chi connectivity index (χ4n) is 1.97. The smallest absolute Gasteiger partial charge is 0.303 e. The Morgan fingerprint density at radius 3 is 2.90 bits per heavy atom. The molecular weight excluding hydrogens is 258 g/mol. The molecule has 7 nitrogen and oxygen atoms in total. The number of aromatic nitrogens is 4. The first-order valence-corrected chi connectivity index (χ1v) is 6.38. The number of hydrogen-bond donors (Lipinski definition) is 2. The van der Waals surface area contributed by atoms with Crippen molar-refractivity contribution in [3.05, 3.63) is 30.1 Å². The minimum absolute atomic E-state index is 0.101. The number of nitrogens with one attached hydrogen (secondary N) is 1. The molecule has 7 heteroatoms. The molecule has 0 radical (unpaired) electrons. The van der Waals surface area contributed by atoms with Gasteiger partial charge in [-0.25, -0.2) is 4.68 Å². The normalized spacial score (nSPS) is 12.1. The lowest BCUT2D eigenvalue weighted by Gasteiger charge is -2.15. The molecule has 0 aliphatic carbocycles. The van der Waals surface area contributed by atoms with Crippen molar-refractivity contribution in [1.29, 1.82) is 0 Å². The highest BCUT2D eigenvalue weighted by molar-refractivity contribution is 5.66. The lowest BCUT2D eigenvalue weighted by Crippen LogP contribution is -2.16. The number of carboxylic acids is 1. The van der Waals surface area contributed by atoms with Crippen molar-refractivity contribution in [3.63, 3.8) is 0 Å². The largest absolute Gasteiger partial charge is 0.481 e. The van der Waals surface area contributed by atoms with Crippen LogP contribution >= 0.6 is 0 Å². The first-order valence-electron chi connectivity index (χ1n) is 6.38. The van der Waals surface area contributed by atoms with E-state index in [4.69, 9.17) is 5.11 Å². The van der Waals surface area contributed by atoms with Crippen molar-refractivity contribution in [2.24, 2.45) is 0 Å². The summed E-state index contributed by atoms with van der Waals surface area (Å²) < 4.78 is 1.60. The third-order valence-electron chi connectivity index (χ3n) is 3.00. The van der Waals surface area contributed by atoms with Crippen LogP contribution in [0.25, 0.3) is 5.69 Å². The summed E-state index contributed by atoms with van der Waals surface area (Å²) >= 11 is 0. The average molecular weight is 275 g/mol. The highest BCUT2D eigenvalue weighted by Crippen LogP contribution is 2.19. The quantitative estimate of drug-likeness (QED) is 0.832. The maximum absolute atomic E-state index is 10.5. The van der Waals surface area contributed by atoms with Gasteiger partial charge in [0.2, 0.25) is 0 Å². The summed E-state index contributed by atoms with van der Waals surface area (Å²) in [6.45, 7) is 3.94. The number of carboxylic acid groups (broad SMARTS) is 1. The summed E-state index contributed by atoms with van der Waals surface area (Å²) in [5.41, 5.74) is 2.91. The van der Waals surface area contributed by atoms with E-state index in [0.717, 1.165) is 16.9 Å². The molecular formula is C13H17N5O2. The number of benzene rings is 1. The third kappa shape index (κ3) is 3.53. The van der Waals surface area contributed by atoms with Gasteiger partial charge >= 0.3 is 5.97 Å². The molecule has 1 aromatic carbocycles. The van der Waals surface area contributed by atoms with E-state index >= 15 is 0 Å². The van der Waals surface area contributed by atoms with Crippen LogP contribution in [0.2, 0.25) is 0 Å². The Morgan fingerprint density at radius 1 is 1.50 bits per heavy atom. The van der Waals surface area contributed by atoms with Crippen LogP contribution < -0.4 is 5.32 Å². The summed E-state index contributed by atoms with van der Waals surface area (Å²) in [7, 11) is 0. The third-order valence-corrected chi connectivity index (χ3v) is 3.00. The van der Waals surface area contributed by atoms with Crippen molar-refractivity contribution in [2.45, 2.75) is 32.7 Å². The van der Waals surface area contributed by atoms with Crippen LogP contribution in [0.15, 0.2) is 24.5 Å². The topological polar surface area (TPSA) is 92.9 Å². The first-order chi connectivity index (χ1) is 9.56. The van der Waals surface area contributed by atoms with Gasteiger partial charge in [0.25, 0.3) is 0 Å². The van der Waals surface area contributed by atoms with Gasteiger partial charge in [0, 0.05) is 18.2 Å². The lowest BCUT2D eigenvalue weighted by molar-refractivity contribution is -0.137. The van der Waals surface area contributed by atoms with E-state index in [1.807, 2.05) is 32.0 Å². The number of tetrazole rings is 1. The lowest BCUT2D eigenvalue weighted by atomic mass is 10.1. The van der Waals surface area contributed by atoms with Crippen LogP contribution in [0, 0.1) is 6.92 Å². The number of hydrogen-bond acceptors (Lipinski definition) is 5. The number of nitrogens with zero attached hydrogens (tertiary/aromatic N) is 4. The summed E-state index contributed by atoms with van der Waals surface area (Å²) in [5, 5.41) is 23.0. The molecule has 0 saturated carbocycles. The molecule has 1 aromatic heterocycles. The Bertz CT molecular complexity index is 582. The summed E-state index contributed by atoms with van der Waals surface area (Å²) in [6, 6.07) is 5.96. The molecule has 2 N–H and O–H groups in total. The van der Waals surface area contributed by atoms with E-state index < -0.39 is 5.97 Å². The van der Waals surface area contributed by atoms with Gasteiger partial charge in [-0.2, -0.15) is 0 Å². The van der Waals surface area contributed by atoms with E-state index in [2.05, 4.69) is 20.8 Å². The SMILES string of the molecule is Cc1cc(NC(C)CCC(=O)O)ccc1-n1cnnn1. The molecule has 2 rings (SSSR count). The van der Waals surface area contributed by atoms with Gasteiger partial charge in [-0.1, -0.05) is 0 Å². The molecule has 0 aliphatic heterocycles. The van der Waals surface area contributed by atoms with Gasteiger partial charge in [0.1, 0.15) is 6.33 Å². The van der Waals surface area contributed by atoms with Crippen LogP contribution in [-0.2, 0) is 4.79 Å². The van der Waals surface area contributed by atoms with Gasteiger partial charge in [-0.05, 0) is 54.5 Å². The van der Waals surface area contributed by atoms with Crippen molar-refractivity contribution in [3.8, 4) is 5.69 Å². The Kier molecular flexibility index (Phi) is 4.29. The zero-order valence-electron chi connectivity index (χ0n) is 11.4. The maximum atomic E-state index is 10.5. The Labute approximate surface area is 116 Å². The molecule has 2 aromatic rings. The average Bonchev–Trinajstić information content (AvgIpc) is 2.90. The predicted molar refractivity (Wildman–Crippen MR) is 73.8 cm³/mol. The molecule has 1 heterocycles. The monoisotopic (exact) mass is 275 g/mol. The number of rotatable bonds is 6. The molecule has 1 atom stereocenters. The van der Waals surface area contributed by atoms with Gasteiger partial charge in [-0.3, -0.25) is 4.79 Å². The first kappa shape index (κ1) is 14.0. The van der Waals surface area contributed by atoms with Crippen LogP contribution in [-0.4, -0.2) is 37.3 Å². The minimum Gasteiger partial charge on any atom is -0.481 e. The van der Waals surface area contributed by atoms with Gasteiger partial charge in [0.15, 0.2) is 0 Å².